The number of amides is 1. The summed E-state index contributed by atoms with van der Waals surface area (Å²) in [5.74, 6) is 4.22. The van der Waals surface area contributed by atoms with Gasteiger partial charge in [0.25, 0.3) is 0 Å². The molecule has 0 aromatic rings. The maximum absolute atomic E-state index is 12.3. The molecule has 0 heterocycles. The van der Waals surface area contributed by atoms with Crippen LogP contribution in [0.25, 0.3) is 0 Å². The minimum absolute atomic E-state index is 0.145. The molecular formula is C21H35NO2. The average Bonchev–Trinajstić information content (AvgIpc) is 2.95. The lowest BCUT2D eigenvalue weighted by Gasteiger charge is -2.32. The average molecular weight is 334 g/mol. The van der Waals surface area contributed by atoms with Crippen molar-refractivity contribution in [3.63, 3.8) is 0 Å². The smallest absolute Gasteiger partial charge is 0.407 e. The largest absolute Gasteiger partial charge is 0.449 e. The summed E-state index contributed by atoms with van der Waals surface area (Å²) in [4.78, 5) is 12.3. The lowest BCUT2D eigenvalue weighted by Crippen LogP contribution is -2.38. The number of rotatable bonds is 3. The van der Waals surface area contributed by atoms with E-state index in [1.54, 1.807) is 0 Å². The first-order valence-corrected chi connectivity index (χ1v) is 10.8. The highest BCUT2D eigenvalue weighted by Crippen LogP contribution is 2.57. The summed E-state index contributed by atoms with van der Waals surface area (Å²) < 4.78 is 5.78. The van der Waals surface area contributed by atoms with Crippen LogP contribution in [0.1, 0.15) is 83.5 Å². The van der Waals surface area contributed by atoms with Crippen LogP contribution in [-0.4, -0.2) is 18.7 Å². The summed E-state index contributed by atoms with van der Waals surface area (Å²) >= 11 is 0. The third kappa shape index (κ3) is 3.46. The van der Waals surface area contributed by atoms with Crippen LogP contribution in [0.4, 0.5) is 4.79 Å². The van der Waals surface area contributed by atoms with E-state index in [1.165, 1.54) is 70.6 Å². The van der Waals surface area contributed by atoms with Crippen molar-refractivity contribution in [2.75, 3.05) is 6.61 Å². The van der Waals surface area contributed by atoms with E-state index in [9.17, 15) is 4.79 Å². The fourth-order valence-electron chi connectivity index (χ4n) is 6.69. The maximum Gasteiger partial charge on any atom is 0.407 e. The molecule has 1 N–H and O–H groups in total. The topological polar surface area (TPSA) is 38.3 Å². The highest BCUT2D eigenvalue weighted by atomic mass is 16.5. The Bertz CT molecular complexity index is 410. The van der Waals surface area contributed by atoms with Gasteiger partial charge in [0.15, 0.2) is 0 Å². The third-order valence-corrected chi connectivity index (χ3v) is 7.73. The predicted octanol–water partition coefficient (Wildman–Crippen LogP) is 5.29. The molecule has 4 rings (SSSR count). The standard InChI is InChI=1S/C21H35NO2/c23-21(22-15-8-2-1-3-9-15)24-14-20-18-12-6-4-10-16(18)17-11-5-7-13-19(17)20/h15-20H,1-14H2,(H,22,23). The predicted molar refractivity (Wildman–Crippen MR) is 95.7 cm³/mol. The molecule has 136 valence electrons. The zero-order valence-electron chi connectivity index (χ0n) is 15.2. The monoisotopic (exact) mass is 333 g/mol. The van der Waals surface area contributed by atoms with Gasteiger partial charge in [-0.25, -0.2) is 4.79 Å². The Kier molecular flexibility index (Phi) is 5.34. The van der Waals surface area contributed by atoms with Gasteiger partial charge in [-0.1, -0.05) is 44.9 Å². The quantitative estimate of drug-likeness (QED) is 0.762. The van der Waals surface area contributed by atoms with Crippen molar-refractivity contribution >= 4 is 6.09 Å². The number of ether oxygens (including phenoxy) is 1. The van der Waals surface area contributed by atoms with Gasteiger partial charge >= 0.3 is 6.09 Å². The van der Waals surface area contributed by atoms with Gasteiger partial charge < -0.3 is 10.1 Å². The zero-order chi connectivity index (χ0) is 16.4. The molecule has 4 atom stereocenters. The number of hydrogen-bond acceptors (Lipinski definition) is 2. The minimum atomic E-state index is -0.145. The van der Waals surface area contributed by atoms with Gasteiger partial charge in [0.1, 0.15) is 0 Å². The minimum Gasteiger partial charge on any atom is -0.449 e. The van der Waals surface area contributed by atoms with Crippen LogP contribution >= 0.6 is 0 Å². The first-order valence-electron chi connectivity index (χ1n) is 10.8. The Hall–Kier alpha value is -0.730. The van der Waals surface area contributed by atoms with Crippen LogP contribution < -0.4 is 5.32 Å². The number of fused-ring (bicyclic) bond motifs is 3. The Morgan fingerprint density at radius 3 is 1.79 bits per heavy atom. The molecule has 4 fully saturated rings. The molecule has 4 aliphatic carbocycles. The van der Waals surface area contributed by atoms with Crippen molar-refractivity contribution in [2.45, 2.75) is 89.5 Å². The van der Waals surface area contributed by atoms with Gasteiger partial charge in [0.05, 0.1) is 6.61 Å². The SMILES string of the molecule is O=C(NC1CCCCC1)OCC1C2CCCCC2C2CCCCC21. The van der Waals surface area contributed by atoms with E-state index in [0.29, 0.717) is 18.6 Å². The van der Waals surface area contributed by atoms with Gasteiger partial charge in [-0.3, -0.25) is 0 Å². The van der Waals surface area contributed by atoms with Crippen LogP contribution in [0.3, 0.4) is 0 Å². The van der Waals surface area contributed by atoms with E-state index in [2.05, 4.69) is 5.32 Å². The van der Waals surface area contributed by atoms with Crippen LogP contribution in [0, 0.1) is 29.6 Å². The molecule has 3 nitrogen and oxygen atoms in total. The van der Waals surface area contributed by atoms with Crippen LogP contribution in [0.2, 0.25) is 0 Å². The van der Waals surface area contributed by atoms with Gasteiger partial charge in [-0.05, 0) is 68.1 Å². The van der Waals surface area contributed by atoms with Gasteiger partial charge in [-0.15, -0.1) is 0 Å². The molecular weight excluding hydrogens is 298 g/mol. The molecule has 4 aliphatic rings. The van der Waals surface area contributed by atoms with Crippen LogP contribution in [-0.2, 0) is 4.74 Å². The van der Waals surface area contributed by atoms with Crippen molar-refractivity contribution in [2.24, 2.45) is 29.6 Å². The summed E-state index contributed by atoms with van der Waals surface area (Å²) in [6, 6.07) is 0.361. The fourth-order valence-corrected chi connectivity index (χ4v) is 6.69. The number of alkyl carbamates (subject to hydrolysis) is 1. The van der Waals surface area contributed by atoms with E-state index in [-0.39, 0.29) is 6.09 Å². The van der Waals surface area contributed by atoms with E-state index >= 15 is 0 Å². The number of nitrogens with one attached hydrogen (secondary N) is 1. The second kappa shape index (κ2) is 7.66. The second-order valence-electron chi connectivity index (χ2n) is 8.97. The number of hydrogen-bond donors (Lipinski definition) is 1. The molecule has 4 saturated carbocycles. The van der Waals surface area contributed by atoms with Crippen molar-refractivity contribution in [1.82, 2.24) is 5.32 Å². The Morgan fingerprint density at radius 2 is 1.21 bits per heavy atom. The number of carbonyl (C=O) groups excluding carboxylic acids is 1. The van der Waals surface area contributed by atoms with Gasteiger partial charge in [0.2, 0.25) is 0 Å². The summed E-state index contributed by atoms with van der Waals surface area (Å²) in [5.41, 5.74) is 0. The van der Waals surface area contributed by atoms with Gasteiger partial charge in [-0.2, -0.15) is 0 Å². The Balaban J connectivity index is 1.33. The maximum atomic E-state index is 12.3. The first kappa shape index (κ1) is 16.7. The summed E-state index contributed by atoms with van der Waals surface area (Å²) in [6.45, 7) is 0.681. The van der Waals surface area contributed by atoms with Crippen molar-refractivity contribution < 1.29 is 9.53 Å². The Morgan fingerprint density at radius 1 is 0.708 bits per heavy atom. The van der Waals surface area contributed by atoms with Crippen LogP contribution in [0.15, 0.2) is 0 Å². The normalized spacial score (nSPS) is 39.8. The summed E-state index contributed by atoms with van der Waals surface area (Å²) in [6.07, 6.45) is 17.2. The van der Waals surface area contributed by atoms with Crippen LogP contribution in [0.5, 0.6) is 0 Å². The molecule has 0 aromatic carbocycles. The molecule has 0 saturated heterocycles. The van der Waals surface area contributed by atoms with E-state index in [1.807, 2.05) is 0 Å². The fraction of sp³-hybridized carbons (Fsp3) is 0.952. The summed E-state index contributed by atoms with van der Waals surface area (Å²) in [7, 11) is 0. The molecule has 0 radical (unpaired) electrons. The first-order chi connectivity index (χ1) is 11.8. The Labute approximate surface area is 147 Å². The summed E-state index contributed by atoms with van der Waals surface area (Å²) in [5, 5.41) is 3.13. The second-order valence-corrected chi connectivity index (χ2v) is 8.97. The highest BCUT2D eigenvalue weighted by molar-refractivity contribution is 5.67. The molecule has 0 spiro atoms. The lowest BCUT2D eigenvalue weighted by molar-refractivity contribution is 0.0837. The molecule has 0 aliphatic heterocycles. The lowest BCUT2D eigenvalue weighted by atomic mass is 9.73. The van der Waals surface area contributed by atoms with Crippen molar-refractivity contribution in [1.29, 1.82) is 0 Å². The molecule has 24 heavy (non-hydrogen) atoms. The van der Waals surface area contributed by atoms with Gasteiger partial charge in [0, 0.05) is 6.04 Å². The molecule has 0 aromatic heterocycles. The number of carbonyl (C=O) groups is 1. The van der Waals surface area contributed by atoms with Crippen molar-refractivity contribution in [3.8, 4) is 0 Å². The van der Waals surface area contributed by atoms with E-state index in [0.717, 1.165) is 36.5 Å². The molecule has 0 bridgehead atoms. The highest BCUT2D eigenvalue weighted by Gasteiger charge is 2.51. The molecule has 1 amide bonds. The zero-order valence-corrected chi connectivity index (χ0v) is 15.2. The third-order valence-electron chi connectivity index (χ3n) is 7.73. The van der Waals surface area contributed by atoms with E-state index < -0.39 is 0 Å². The van der Waals surface area contributed by atoms with Crippen molar-refractivity contribution in [3.05, 3.63) is 0 Å². The van der Waals surface area contributed by atoms with E-state index in [4.69, 9.17) is 4.74 Å². The molecule has 3 heteroatoms. The molecule has 4 unspecified atom stereocenters.